The van der Waals surface area contributed by atoms with E-state index in [9.17, 15) is 8.78 Å². The Hall–Kier alpha value is -1.75. The highest BCUT2D eigenvalue weighted by molar-refractivity contribution is 5.31. The van der Waals surface area contributed by atoms with Crippen LogP contribution in [0.1, 0.15) is 36.3 Å². The number of nitrogens with zero attached hydrogens (tertiary/aromatic N) is 2. The number of aryl methyl sites for hydroxylation is 2. The number of hydrogen-bond acceptors (Lipinski definition) is 2. The highest BCUT2D eigenvalue weighted by atomic mass is 19.1. The number of aromatic nitrogens is 2. The van der Waals surface area contributed by atoms with Crippen molar-refractivity contribution in [3.05, 3.63) is 52.9 Å². The van der Waals surface area contributed by atoms with E-state index in [0.29, 0.717) is 6.54 Å². The summed E-state index contributed by atoms with van der Waals surface area (Å²) in [4.78, 5) is 0. The lowest BCUT2D eigenvalue weighted by atomic mass is 10.0. The largest absolute Gasteiger partial charge is 0.305 e. The lowest BCUT2D eigenvalue weighted by molar-refractivity contribution is 0.485. The van der Waals surface area contributed by atoms with Crippen molar-refractivity contribution in [1.82, 2.24) is 15.1 Å². The standard InChI is InChI=1S/C15H19F2N3/c1-4-8-18-15(13-9-10(2)19-20(13)3)14-11(16)6-5-7-12(14)17/h5-7,9,15,18H,4,8H2,1-3H3. The van der Waals surface area contributed by atoms with Gasteiger partial charge < -0.3 is 5.32 Å². The minimum atomic E-state index is -0.544. The van der Waals surface area contributed by atoms with Crippen LogP contribution < -0.4 is 5.32 Å². The van der Waals surface area contributed by atoms with Crippen molar-refractivity contribution in [3.8, 4) is 0 Å². The minimum absolute atomic E-state index is 0.0453. The van der Waals surface area contributed by atoms with Gasteiger partial charge in [0.25, 0.3) is 0 Å². The Balaban J connectivity index is 2.50. The lowest BCUT2D eigenvalue weighted by Gasteiger charge is -2.20. The van der Waals surface area contributed by atoms with E-state index in [2.05, 4.69) is 10.4 Å². The molecule has 3 nitrogen and oxygen atoms in total. The van der Waals surface area contributed by atoms with Crippen molar-refractivity contribution in [2.45, 2.75) is 26.3 Å². The first kappa shape index (κ1) is 14.7. The molecule has 0 saturated carbocycles. The number of hydrogen-bond donors (Lipinski definition) is 1. The van der Waals surface area contributed by atoms with Crippen LogP contribution in [0.5, 0.6) is 0 Å². The molecule has 5 heteroatoms. The quantitative estimate of drug-likeness (QED) is 0.911. The summed E-state index contributed by atoms with van der Waals surface area (Å²) in [5.41, 5.74) is 1.62. The second-order valence-corrected chi connectivity index (χ2v) is 4.86. The molecule has 0 amide bonds. The maximum Gasteiger partial charge on any atom is 0.131 e. The van der Waals surface area contributed by atoms with Gasteiger partial charge in [0.05, 0.1) is 17.4 Å². The smallest absolute Gasteiger partial charge is 0.131 e. The van der Waals surface area contributed by atoms with Gasteiger partial charge in [-0.05, 0) is 38.1 Å². The van der Waals surface area contributed by atoms with Crippen LogP contribution >= 0.6 is 0 Å². The van der Waals surface area contributed by atoms with Gasteiger partial charge in [-0.3, -0.25) is 4.68 Å². The summed E-state index contributed by atoms with van der Waals surface area (Å²) in [7, 11) is 1.78. The molecule has 0 aliphatic carbocycles. The molecule has 0 radical (unpaired) electrons. The average Bonchev–Trinajstić information content (AvgIpc) is 2.72. The Bertz CT molecular complexity index is 573. The van der Waals surface area contributed by atoms with Crippen molar-refractivity contribution in [3.63, 3.8) is 0 Å². The topological polar surface area (TPSA) is 29.9 Å². The molecular formula is C15H19F2N3. The highest BCUT2D eigenvalue weighted by Crippen LogP contribution is 2.27. The van der Waals surface area contributed by atoms with Crippen LogP contribution in [0.4, 0.5) is 8.78 Å². The van der Waals surface area contributed by atoms with Crippen molar-refractivity contribution >= 4 is 0 Å². The molecule has 0 spiro atoms. The summed E-state index contributed by atoms with van der Waals surface area (Å²) in [5, 5.41) is 7.45. The second kappa shape index (κ2) is 6.13. The van der Waals surface area contributed by atoms with Crippen molar-refractivity contribution in [2.24, 2.45) is 7.05 Å². The summed E-state index contributed by atoms with van der Waals surface area (Å²) in [6.45, 7) is 4.54. The Morgan fingerprint density at radius 3 is 2.45 bits per heavy atom. The van der Waals surface area contributed by atoms with Crippen LogP contribution in [0.15, 0.2) is 24.3 Å². The molecule has 1 unspecified atom stereocenters. The molecule has 0 saturated heterocycles. The van der Waals surface area contributed by atoms with Gasteiger partial charge in [0.15, 0.2) is 0 Å². The molecule has 1 aromatic heterocycles. The Morgan fingerprint density at radius 2 is 1.95 bits per heavy atom. The molecule has 0 bridgehead atoms. The third kappa shape index (κ3) is 2.88. The highest BCUT2D eigenvalue weighted by Gasteiger charge is 2.24. The summed E-state index contributed by atoms with van der Waals surface area (Å²) in [6.07, 6.45) is 0.878. The molecule has 2 rings (SSSR count). The SMILES string of the molecule is CCCNC(c1c(F)cccc1F)c1cc(C)nn1C. The first-order valence-electron chi connectivity index (χ1n) is 6.72. The summed E-state index contributed by atoms with van der Waals surface area (Å²) in [5.74, 6) is -1.09. The van der Waals surface area contributed by atoms with E-state index in [1.165, 1.54) is 18.2 Å². The average molecular weight is 279 g/mol. The molecule has 0 aliphatic heterocycles. The number of benzene rings is 1. The fourth-order valence-electron chi connectivity index (χ4n) is 2.33. The van der Waals surface area contributed by atoms with Gasteiger partial charge in [-0.25, -0.2) is 8.78 Å². The van der Waals surface area contributed by atoms with E-state index in [0.717, 1.165) is 17.8 Å². The zero-order valence-corrected chi connectivity index (χ0v) is 12.0. The predicted octanol–water partition coefficient (Wildman–Crippen LogP) is 3.10. The van der Waals surface area contributed by atoms with Crippen LogP contribution in [0.3, 0.4) is 0 Å². The molecule has 2 aromatic rings. The third-order valence-electron chi connectivity index (χ3n) is 3.22. The van der Waals surface area contributed by atoms with Crippen LogP contribution in [0, 0.1) is 18.6 Å². The lowest BCUT2D eigenvalue weighted by Crippen LogP contribution is -2.27. The van der Waals surface area contributed by atoms with E-state index in [1.54, 1.807) is 11.7 Å². The second-order valence-electron chi connectivity index (χ2n) is 4.86. The fraction of sp³-hybridized carbons (Fsp3) is 0.400. The van der Waals surface area contributed by atoms with E-state index in [1.807, 2.05) is 19.9 Å². The monoisotopic (exact) mass is 279 g/mol. The summed E-state index contributed by atoms with van der Waals surface area (Å²) in [6, 6.07) is 5.24. The van der Waals surface area contributed by atoms with Crippen molar-refractivity contribution in [2.75, 3.05) is 6.54 Å². The molecule has 0 fully saturated rings. The van der Waals surface area contributed by atoms with Gasteiger partial charge in [0, 0.05) is 12.6 Å². The van der Waals surface area contributed by atoms with Gasteiger partial charge in [0.1, 0.15) is 11.6 Å². The zero-order chi connectivity index (χ0) is 14.7. The number of rotatable bonds is 5. The normalized spacial score (nSPS) is 12.7. The first-order chi connectivity index (χ1) is 9.54. The van der Waals surface area contributed by atoms with Gasteiger partial charge in [-0.1, -0.05) is 13.0 Å². The van der Waals surface area contributed by atoms with Gasteiger partial charge in [0.2, 0.25) is 0 Å². The van der Waals surface area contributed by atoms with E-state index in [-0.39, 0.29) is 5.56 Å². The maximum atomic E-state index is 14.0. The molecule has 1 heterocycles. The molecule has 1 N–H and O–H groups in total. The van der Waals surface area contributed by atoms with Crippen LogP contribution in [0.25, 0.3) is 0 Å². The molecule has 20 heavy (non-hydrogen) atoms. The van der Waals surface area contributed by atoms with Crippen molar-refractivity contribution < 1.29 is 8.78 Å². The summed E-state index contributed by atoms with van der Waals surface area (Å²) < 4.78 is 29.7. The van der Waals surface area contributed by atoms with Gasteiger partial charge >= 0.3 is 0 Å². The number of halogens is 2. The van der Waals surface area contributed by atoms with Gasteiger partial charge in [-0.15, -0.1) is 0 Å². The van der Waals surface area contributed by atoms with Gasteiger partial charge in [-0.2, -0.15) is 5.10 Å². The fourth-order valence-corrected chi connectivity index (χ4v) is 2.33. The Morgan fingerprint density at radius 1 is 1.30 bits per heavy atom. The minimum Gasteiger partial charge on any atom is -0.305 e. The molecule has 1 aromatic carbocycles. The van der Waals surface area contributed by atoms with Crippen molar-refractivity contribution in [1.29, 1.82) is 0 Å². The molecular weight excluding hydrogens is 260 g/mol. The van der Waals surface area contributed by atoms with E-state index < -0.39 is 17.7 Å². The third-order valence-corrected chi connectivity index (χ3v) is 3.22. The molecule has 0 aliphatic rings. The van der Waals surface area contributed by atoms with Crippen LogP contribution in [0.2, 0.25) is 0 Å². The maximum absolute atomic E-state index is 14.0. The Kier molecular flexibility index (Phi) is 4.49. The Labute approximate surface area is 117 Å². The molecule has 108 valence electrons. The summed E-state index contributed by atoms with van der Waals surface area (Å²) >= 11 is 0. The predicted molar refractivity (Wildman–Crippen MR) is 74.4 cm³/mol. The van der Waals surface area contributed by atoms with E-state index in [4.69, 9.17) is 0 Å². The molecule has 1 atom stereocenters. The van der Waals surface area contributed by atoms with Crippen LogP contribution in [-0.2, 0) is 7.05 Å². The first-order valence-corrected chi connectivity index (χ1v) is 6.72. The zero-order valence-electron chi connectivity index (χ0n) is 12.0. The van der Waals surface area contributed by atoms with E-state index >= 15 is 0 Å². The number of nitrogens with one attached hydrogen (secondary N) is 1. The van der Waals surface area contributed by atoms with Crippen LogP contribution in [-0.4, -0.2) is 16.3 Å².